The van der Waals surface area contributed by atoms with Gasteiger partial charge in [-0.3, -0.25) is 14.7 Å². The molecular weight excluding hydrogens is 300 g/mol. The average molecular weight is 327 g/mol. The highest BCUT2D eigenvalue weighted by Crippen LogP contribution is 2.20. The zero-order chi connectivity index (χ0) is 15.5. The van der Waals surface area contributed by atoms with Gasteiger partial charge in [-0.1, -0.05) is 26.8 Å². The van der Waals surface area contributed by atoms with Gasteiger partial charge >= 0.3 is 0 Å². The zero-order valence-corrected chi connectivity index (χ0v) is 14.5. The Kier molecular flexibility index (Phi) is 6.78. The summed E-state index contributed by atoms with van der Waals surface area (Å²) in [5.74, 6) is 0.0727. The van der Waals surface area contributed by atoms with E-state index in [1.54, 1.807) is 6.20 Å². The smallest absolute Gasteiger partial charge is 0.240 e. The lowest BCUT2D eigenvalue weighted by Gasteiger charge is -2.38. The number of pyridine rings is 1. The first-order valence-electron chi connectivity index (χ1n) is 7.53. The quantitative estimate of drug-likeness (QED) is 0.915. The van der Waals surface area contributed by atoms with Crippen LogP contribution in [-0.4, -0.2) is 52.9 Å². The molecule has 124 valence electrons. The molecule has 0 bridgehead atoms. The lowest BCUT2D eigenvalue weighted by molar-refractivity contribution is -0.136. The van der Waals surface area contributed by atoms with E-state index in [0.29, 0.717) is 0 Å². The molecule has 1 aromatic rings. The van der Waals surface area contributed by atoms with Gasteiger partial charge < -0.3 is 10.6 Å². The van der Waals surface area contributed by atoms with E-state index < -0.39 is 6.04 Å². The molecule has 5 nitrogen and oxygen atoms in total. The summed E-state index contributed by atoms with van der Waals surface area (Å²) >= 11 is 0. The van der Waals surface area contributed by atoms with Gasteiger partial charge in [0.25, 0.3) is 0 Å². The van der Waals surface area contributed by atoms with Crippen LogP contribution in [0.1, 0.15) is 26.3 Å². The maximum Gasteiger partial charge on any atom is 0.240 e. The molecule has 0 aliphatic carbocycles. The van der Waals surface area contributed by atoms with Crippen molar-refractivity contribution in [1.82, 2.24) is 14.8 Å². The fourth-order valence-electron chi connectivity index (χ4n) is 2.44. The summed E-state index contributed by atoms with van der Waals surface area (Å²) in [6, 6.07) is 3.61. The second kappa shape index (κ2) is 7.90. The Morgan fingerprint density at radius 1 is 1.32 bits per heavy atom. The number of amides is 1. The summed E-state index contributed by atoms with van der Waals surface area (Å²) < 4.78 is 0. The Hall–Kier alpha value is -1.17. The van der Waals surface area contributed by atoms with E-state index >= 15 is 0 Å². The number of piperazine rings is 1. The van der Waals surface area contributed by atoms with E-state index in [1.165, 1.54) is 5.56 Å². The molecule has 0 unspecified atom stereocenters. The van der Waals surface area contributed by atoms with Crippen molar-refractivity contribution >= 4 is 18.3 Å². The predicted octanol–water partition coefficient (Wildman–Crippen LogP) is 1.52. The average Bonchev–Trinajstić information content (AvgIpc) is 2.46. The molecule has 0 spiro atoms. The number of aromatic nitrogens is 1. The van der Waals surface area contributed by atoms with Crippen LogP contribution in [0.2, 0.25) is 0 Å². The molecule has 22 heavy (non-hydrogen) atoms. The molecule has 1 saturated heterocycles. The summed E-state index contributed by atoms with van der Waals surface area (Å²) in [5.41, 5.74) is 7.09. The molecule has 2 rings (SSSR count). The van der Waals surface area contributed by atoms with E-state index in [2.05, 4.69) is 16.0 Å². The van der Waals surface area contributed by atoms with Crippen molar-refractivity contribution in [2.24, 2.45) is 11.1 Å². The van der Waals surface area contributed by atoms with Crippen LogP contribution in [-0.2, 0) is 11.3 Å². The molecule has 6 heteroatoms. The minimum atomic E-state index is -0.428. The van der Waals surface area contributed by atoms with Crippen molar-refractivity contribution in [3.8, 4) is 0 Å². The standard InChI is InChI=1S/C16H26N4O.ClH/c1-16(2,3)14(17)15(21)20-9-7-19(8-10-20)12-13-5-4-6-18-11-13;/h4-6,11,14H,7-10,12,17H2,1-3H3;1H/t14-;/m1./s1. The first-order chi connectivity index (χ1) is 9.88. The van der Waals surface area contributed by atoms with Crippen LogP contribution >= 0.6 is 12.4 Å². The second-order valence-corrected chi connectivity index (χ2v) is 6.81. The summed E-state index contributed by atoms with van der Waals surface area (Å²) in [6.07, 6.45) is 3.68. The maximum absolute atomic E-state index is 12.4. The lowest BCUT2D eigenvalue weighted by atomic mass is 9.86. The van der Waals surface area contributed by atoms with E-state index in [9.17, 15) is 4.79 Å². The van der Waals surface area contributed by atoms with Gasteiger partial charge in [0.05, 0.1) is 6.04 Å². The summed E-state index contributed by atoms with van der Waals surface area (Å²) in [5, 5.41) is 0. The molecular formula is C16H27ClN4O. The Bertz CT molecular complexity index is 467. The van der Waals surface area contributed by atoms with Crippen molar-refractivity contribution in [2.75, 3.05) is 26.2 Å². The minimum absolute atomic E-state index is 0. The number of rotatable bonds is 3. The monoisotopic (exact) mass is 326 g/mol. The Balaban J connectivity index is 0.00000242. The van der Waals surface area contributed by atoms with Gasteiger partial charge in [0.1, 0.15) is 0 Å². The van der Waals surface area contributed by atoms with Crippen LogP contribution in [0.3, 0.4) is 0 Å². The zero-order valence-electron chi connectivity index (χ0n) is 13.7. The van der Waals surface area contributed by atoms with Crippen molar-refractivity contribution in [1.29, 1.82) is 0 Å². The molecule has 1 fully saturated rings. The van der Waals surface area contributed by atoms with Gasteiger partial charge in [0.15, 0.2) is 0 Å². The van der Waals surface area contributed by atoms with Crippen LogP contribution in [0, 0.1) is 5.41 Å². The predicted molar refractivity (Wildman–Crippen MR) is 90.8 cm³/mol. The fourth-order valence-corrected chi connectivity index (χ4v) is 2.44. The molecule has 1 aliphatic heterocycles. The number of nitrogens with two attached hydrogens (primary N) is 1. The number of halogens is 1. The van der Waals surface area contributed by atoms with Crippen molar-refractivity contribution in [3.63, 3.8) is 0 Å². The van der Waals surface area contributed by atoms with Crippen LogP contribution in [0.4, 0.5) is 0 Å². The van der Waals surface area contributed by atoms with E-state index in [1.807, 2.05) is 37.9 Å². The summed E-state index contributed by atoms with van der Waals surface area (Å²) in [7, 11) is 0. The third-order valence-electron chi connectivity index (χ3n) is 4.01. The van der Waals surface area contributed by atoms with Crippen LogP contribution in [0.25, 0.3) is 0 Å². The van der Waals surface area contributed by atoms with E-state index in [-0.39, 0.29) is 23.7 Å². The minimum Gasteiger partial charge on any atom is -0.339 e. The third kappa shape index (κ3) is 4.93. The largest absolute Gasteiger partial charge is 0.339 e. The van der Waals surface area contributed by atoms with Gasteiger partial charge in [-0.25, -0.2) is 0 Å². The summed E-state index contributed by atoms with van der Waals surface area (Å²) in [6.45, 7) is 10.2. The van der Waals surface area contributed by atoms with Crippen molar-refractivity contribution in [3.05, 3.63) is 30.1 Å². The Morgan fingerprint density at radius 2 is 1.95 bits per heavy atom. The highest BCUT2D eigenvalue weighted by Gasteiger charge is 2.32. The molecule has 2 N–H and O–H groups in total. The Morgan fingerprint density at radius 3 is 2.45 bits per heavy atom. The molecule has 2 heterocycles. The van der Waals surface area contributed by atoms with Gasteiger partial charge in [-0.2, -0.15) is 0 Å². The number of hydrogen-bond donors (Lipinski definition) is 1. The van der Waals surface area contributed by atoms with Gasteiger partial charge in [0.2, 0.25) is 5.91 Å². The molecule has 0 aromatic carbocycles. The molecule has 1 amide bonds. The van der Waals surface area contributed by atoms with Crippen LogP contribution in [0.15, 0.2) is 24.5 Å². The highest BCUT2D eigenvalue weighted by molar-refractivity contribution is 5.85. The SMILES string of the molecule is CC(C)(C)[C@H](N)C(=O)N1CCN(Cc2cccnc2)CC1.Cl. The molecule has 1 atom stereocenters. The maximum atomic E-state index is 12.4. The number of carbonyl (C=O) groups is 1. The van der Waals surface area contributed by atoms with Crippen LogP contribution < -0.4 is 5.73 Å². The third-order valence-corrected chi connectivity index (χ3v) is 4.01. The Labute approximate surface area is 139 Å². The molecule has 1 aromatic heterocycles. The highest BCUT2D eigenvalue weighted by atomic mass is 35.5. The number of nitrogens with zero attached hydrogens (tertiary/aromatic N) is 3. The number of carbonyl (C=O) groups excluding carboxylic acids is 1. The normalized spacial score (nSPS) is 17.7. The van der Waals surface area contributed by atoms with Crippen molar-refractivity contribution in [2.45, 2.75) is 33.4 Å². The van der Waals surface area contributed by atoms with Gasteiger partial charge in [-0.15, -0.1) is 12.4 Å². The topological polar surface area (TPSA) is 62.5 Å². The second-order valence-electron chi connectivity index (χ2n) is 6.81. The lowest BCUT2D eigenvalue weighted by Crippen LogP contribution is -2.56. The fraction of sp³-hybridized carbons (Fsp3) is 0.625. The van der Waals surface area contributed by atoms with Gasteiger partial charge in [0, 0.05) is 45.1 Å². The molecule has 0 radical (unpaired) electrons. The first-order valence-corrected chi connectivity index (χ1v) is 7.53. The van der Waals surface area contributed by atoms with E-state index in [4.69, 9.17) is 5.73 Å². The van der Waals surface area contributed by atoms with Crippen LogP contribution in [0.5, 0.6) is 0 Å². The molecule has 1 aliphatic rings. The van der Waals surface area contributed by atoms with Gasteiger partial charge in [-0.05, 0) is 17.0 Å². The van der Waals surface area contributed by atoms with Crippen molar-refractivity contribution < 1.29 is 4.79 Å². The van der Waals surface area contributed by atoms with E-state index in [0.717, 1.165) is 32.7 Å². The molecule has 0 saturated carbocycles. The number of hydrogen-bond acceptors (Lipinski definition) is 4. The first kappa shape index (κ1) is 18.9. The summed E-state index contributed by atoms with van der Waals surface area (Å²) in [4.78, 5) is 20.8.